The van der Waals surface area contributed by atoms with Crippen molar-refractivity contribution < 1.29 is 19.0 Å². The van der Waals surface area contributed by atoms with Crippen LogP contribution in [-0.2, 0) is 33.1 Å². The number of benzene rings is 2. The largest absolute Gasteiger partial charge is 0.497 e. The van der Waals surface area contributed by atoms with Gasteiger partial charge in [-0.1, -0.05) is 52.5 Å². The van der Waals surface area contributed by atoms with E-state index >= 15 is 0 Å². The molecule has 0 saturated carbocycles. The van der Waals surface area contributed by atoms with Crippen molar-refractivity contribution in [3.05, 3.63) is 48.5 Å². The highest BCUT2D eigenvalue weighted by atomic mass is 33.7. The van der Waals surface area contributed by atoms with Crippen LogP contribution in [0.3, 0.4) is 0 Å². The van der Waals surface area contributed by atoms with Gasteiger partial charge in [0.2, 0.25) is 6.79 Å². The van der Waals surface area contributed by atoms with Crippen molar-refractivity contribution in [1.82, 2.24) is 0 Å². The zero-order valence-corrected chi connectivity index (χ0v) is 19.7. The molecule has 0 atom stereocenters. The lowest BCUT2D eigenvalue weighted by molar-refractivity contribution is -0.149. The maximum atomic E-state index is 11.1. The van der Waals surface area contributed by atoms with E-state index in [1.165, 1.54) is 5.30 Å². The number of methoxy groups -OCH3 is 1. The molecule has 0 aromatic heterocycles. The molecule has 2 aromatic carbocycles. The molecule has 0 N–H and O–H groups in total. The van der Waals surface area contributed by atoms with Crippen LogP contribution in [0.1, 0.15) is 13.3 Å². The monoisotopic (exact) mass is 476 g/mol. The normalized spacial score (nSPS) is 23.9. The molecule has 0 spiro atoms. The summed E-state index contributed by atoms with van der Waals surface area (Å²) < 4.78 is 12.0. The standard InChI is InChI=1S/C17H18O4P2S4/c1-3-17(18)21-12-20-14-6-10-16(11-7-14)23(25)26-22(24,27-23)15-8-4-13(19-2)5-9-15/h4-11H,3,12H2,1-2H3. The van der Waals surface area contributed by atoms with E-state index in [1.54, 1.807) is 36.0 Å². The quantitative estimate of drug-likeness (QED) is 0.313. The molecule has 1 aliphatic heterocycles. The van der Waals surface area contributed by atoms with E-state index < -0.39 is 8.88 Å². The summed E-state index contributed by atoms with van der Waals surface area (Å²) in [7, 11) is 1.65. The number of carbonyl (C=O) groups excluding carboxylic acids is 1. The Hall–Kier alpha value is -0.490. The zero-order chi connectivity index (χ0) is 19.5. The summed E-state index contributed by atoms with van der Waals surface area (Å²) in [6.45, 7) is 1.66. The van der Waals surface area contributed by atoms with E-state index in [9.17, 15) is 4.79 Å². The molecule has 0 aliphatic carbocycles. The minimum absolute atomic E-state index is 0.0814. The second kappa shape index (κ2) is 8.89. The molecule has 1 heterocycles. The Bertz CT molecular complexity index is 902. The minimum Gasteiger partial charge on any atom is -0.497 e. The molecular weight excluding hydrogens is 458 g/mol. The van der Waals surface area contributed by atoms with Crippen molar-refractivity contribution in [3.8, 4) is 11.5 Å². The Morgan fingerprint density at radius 3 is 1.85 bits per heavy atom. The summed E-state index contributed by atoms with van der Waals surface area (Å²) in [6, 6.07) is 15.7. The number of carbonyl (C=O) groups is 1. The van der Waals surface area contributed by atoms with Crippen molar-refractivity contribution in [1.29, 1.82) is 0 Å². The van der Waals surface area contributed by atoms with Crippen LogP contribution in [0.15, 0.2) is 48.5 Å². The lowest BCUT2D eigenvalue weighted by Crippen LogP contribution is -2.11. The predicted molar refractivity (Wildman–Crippen MR) is 124 cm³/mol. The smallest absolute Gasteiger partial charge is 0.308 e. The highest BCUT2D eigenvalue weighted by Crippen LogP contribution is 3.04. The van der Waals surface area contributed by atoms with Gasteiger partial charge < -0.3 is 14.2 Å². The maximum Gasteiger partial charge on any atom is 0.308 e. The van der Waals surface area contributed by atoms with Gasteiger partial charge in [-0.25, -0.2) is 0 Å². The van der Waals surface area contributed by atoms with Crippen LogP contribution < -0.4 is 20.1 Å². The molecular formula is C17H18O4P2S4. The summed E-state index contributed by atoms with van der Waals surface area (Å²) in [5, 5.41) is 2.30. The third-order valence-electron chi connectivity index (χ3n) is 3.71. The Balaban J connectivity index is 1.63. The van der Waals surface area contributed by atoms with Crippen molar-refractivity contribution in [2.24, 2.45) is 0 Å². The van der Waals surface area contributed by atoms with Crippen LogP contribution in [0, 0.1) is 0 Å². The summed E-state index contributed by atoms with van der Waals surface area (Å²) in [5.41, 5.74) is 0. The van der Waals surface area contributed by atoms with Crippen LogP contribution in [-0.4, -0.2) is 19.9 Å². The second-order valence-electron chi connectivity index (χ2n) is 5.48. The molecule has 27 heavy (non-hydrogen) atoms. The molecule has 0 radical (unpaired) electrons. The lowest BCUT2D eigenvalue weighted by atomic mass is 10.3. The van der Waals surface area contributed by atoms with Gasteiger partial charge in [-0.3, -0.25) is 4.79 Å². The zero-order valence-electron chi connectivity index (χ0n) is 14.7. The highest BCUT2D eigenvalue weighted by Gasteiger charge is 2.45. The molecule has 1 fully saturated rings. The molecule has 4 nitrogen and oxygen atoms in total. The van der Waals surface area contributed by atoms with Gasteiger partial charge in [0, 0.05) is 17.0 Å². The highest BCUT2D eigenvalue weighted by molar-refractivity contribution is 9.48. The van der Waals surface area contributed by atoms with E-state index in [0.717, 1.165) is 11.1 Å². The van der Waals surface area contributed by atoms with Gasteiger partial charge in [0.15, 0.2) is 0 Å². The number of esters is 1. The van der Waals surface area contributed by atoms with Crippen molar-refractivity contribution in [2.45, 2.75) is 13.3 Å². The number of hydrogen-bond acceptors (Lipinski definition) is 8. The molecule has 0 amide bonds. The number of ether oxygens (including phenoxy) is 3. The molecule has 3 rings (SSSR count). The van der Waals surface area contributed by atoms with E-state index in [4.69, 9.17) is 37.8 Å². The van der Waals surface area contributed by atoms with Crippen LogP contribution in [0.5, 0.6) is 11.5 Å². The van der Waals surface area contributed by atoms with Crippen LogP contribution in [0.4, 0.5) is 0 Å². The van der Waals surface area contributed by atoms with Crippen molar-refractivity contribution in [2.75, 3.05) is 13.9 Å². The van der Waals surface area contributed by atoms with Crippen LogP contribution in [0.25, 0.3) is 0 Å². The van der Waals surface area contributed by atoms with Gasteiger partial charge in [0.1, 0.15) is 11.5 Å². The fourth-order valence-electron chi connectivity index (χ4n) is 2.23. The molecule has 10 heteroatoms. The van der Waals surface area contributed by atoms with E-state index in [0.29, 0.717) is 12.2 Å². The van der Waals surface area contributed by atoms with Crippen molar-refractivity contribution in [3.63, 3.8) is 0 Å². The third kappa shape index (κ3) is 4.92. The lowest BCUT2D eigenvalue weighted by Gasteiger charge is -2.40. The van der Waals surface area contributed by atoms with E-state index in [-0.39, 0.29) is 12.8 Å². The Kier molecular flexibility index (Phi) is 6.99. The Morgan fingerprint density at radius 2 is 1.41 bits per heavy atom. The van der Waals surface area contributed by atoms with Gasteiger partial charge in [-0.15, -0.1) is 0 Å². The molecule has 1 saturated heterocycles. The van der Waals surface area contributed by atoms with Crippen molar-refractivity contribution >= 4 is 71.1 Å². The van der Waals surface area contributed by atoms with Gasteiger partial charge in [-0.2, -0.15) is 0 Å². The SMILES string of the molecule is CCC(=O)OCOc1ccc(P2(=S)SP(=S)(c3ccc(OC)cc3)S2)cc1. The second-order valence-corrected chi connectivity index (χ2v) is 26.8. The van der Waals surface area contributed by atoms with Gasteiger partial charge in [0.05, 0.1) is 16.0 Å². The Labute approximate surface area is 176 Å². The molecule has 0 unspecified atom stereocenters. The first-order chi connectivity index (χ1) is 12.9. The third-order valence-corrected chi connectivity index (χ3v) is 34.9. The van der Waals surface area contributed by atoms with Crippen LogP contribution >= 0.6 is 30.9 Å². The fourth-order valence-corrected chi connectivity index (χ4v) is 44.5. The first kappa shape index (κ1) is 21.2. The first-order valence-corrected chi connectivity index (χ1v) is 17.7. The Morgan fingerprint density at radius 1 is 0.926 bits per heavy atom. The predicted octanol–water partition coefficient (Wildman–Crippen LogP) is 5.03. The topological polar surface area (TPSA) is 44.8 Å². The average molecular weight is 477 g/mol. The first-order valence-electron chi connectivity index (χ1n) is 8.05. The van der Waals surface area contributed by atoms with Gasteiger partial charge >= 0.3 is 5.97 Å². The van der Waals surface area contributed by atoms with Gasteiger partial charge in [-0.05, 0) is 48.5 Å². The summed E-state index contributed by atoms with van der Waals surface area (Å²) >= 11 is 15.5. The summed E-state index contributed by atoms with van der Waals surface area (Å²) in [5.74, 6) is 1.19. The molecule has 2 aromatic rings. The number of rotatable bonds is 7. The van der Waals surface area contributed by atoms with Gasteiger partial charge in [0.25, 0.3) is 0 Å². The van der Waals surface area contributed by atoms with Crippen LogP contribution in [0.2, 0.25) is 0 Å². The maximum absolute atomic E-state index is 11.1. The van der Waals surface area contributed by atoms with E-state index in [1.807, 2.05) is 48.5 Å². The number of hydrogen-bond donors (Lipinski definition) is 0. The minimum atomic E-state index is -1.78. The fraction of sp³-hybridized carbons (Fsp3) is 0.235. The molecule has 1 aliphatic rings. The average Bonchev–Trinajstić information content (AvgIpc) is 2.67. The summed E-state index contributed by atoms with van der Waals surface area (Å²) in [6.07, 6.45) is 0.333. The molecule has 144 valence electrons. The molecule has 0 bridgehead atoms. The van der Waals surface area contributed by atoms with E-state index in [2.05, 4.69) is 0 Å². The summed E-state index contributed by atoms with van der Waals surface area (Å²) in [4.78, 5) is 11.1.